The Morgan fingerprint density at radius 2 is 1.78 bits per heavy atom. The molecule has 98 valence electrons. The predicted molar refractivity (Wildman–Crippen MR) is 71.3 cm³/mol. The number of rotatable bonds is 5. The molecule has 0 heterocycles. The Balaban J connectivity index is 2.72. The van der Waals surface area contributed by atoms with Gasteiger partial charge in [-0.05, 0) is 38.1 Å². The maximum Gasteiger partial charge on any atom is 0.251 e. The SMILES string of the molecule is CNc1ccc(C(=O)NC(C)(C)CC(N)=O)cc1. The van der Waals surface area contributed by atoms with Crippen molar-refractivity contribution in [2.75, 3.05) is 12.4 Å². The highest BCUT2D eigenvalue weighted by molar-refractivity contribution is 5.95. The van der Waals surface area contributed by atoms with Gasteiger partial charge in [0.15, 0.2) is 0 Å². The molecule has 0 aliphatic carbocycles. The first-order valence-corrected chi connectivity index (χ1v) is 5.73. The van der Waals surface area contributed by atoms with Crippen LogP contribution in [-0.2, 0) is 4.79 Å². The summed E-state index contributed by atoms with van der Waals surface area (Å²) < 4.78 is 0. The quantitative estimate of drug-likeness (QED) is 0.731. The number of amides is 2. The summed E-state index contributed by atoms with van der Waals surface area (Å²) in [5, 5.41) is 5.76. The van der Waals surface area contributed by atoms with Crippen molar-refractivity contribution in [3.63, 3.8) is 0 Å². The van der Waals surface area contributed by atoms with E-state index in [1.54, 1.807) is 26.0 Å². The first-order valence-electron chi connectivity index (χ1n) is 5.73. The second-order valence-electron chi connectivity index (χ2n) is 4.81. The number of nitrogens with one attached hydrogen (secondary N) is 2. The van der Waals surface area contributed by atoms with Crippen molar-refractivity contribution >= 4 is 17.5 Å². The van der Waals surface area contributed by atoms with Crippen molar-refractivity contribution in [3.8, 4) is 0 Å². The summed E-state index contributed by atoms with van der Waals surface area (Å²) >= 11 is 0. The van der Waals surface area contributed by atoms with E-state index in [9.17, 15) is 9.59 Å². The highest BCUT2D eigenvalue weighted by Crippen LogP contribution is 2.12. The number of hydrogen-bond donors (Lipinski definition) is 3. The van der Waals surface area contributed by atoms with Gasteiger partial charge in [-0.15, -0.1) is 0 Å². The Morgan fingerprint density at radius 1 is 1.22 bits per heavy atom. The van der Waals surface area contributed by atoms with Gasteiger partial charge in [0.25, 0.3) is 5.91 Å². The van der Waals surface area contributed by atoms with Gasteiger partial charge in [-0.2, -0.15) is 0 Å². The van der Waals surface area contributed by atoms with E-state index in [-0.39, 0.29) is 12.3 Å². The lowest BCUT2D eigenvalue weighted by molar-refractivity contribution is -0.119. The monoisotopic (exact) mass is 249 g/mol. The van der Waals surface area contributed by atoms with E-state index in [2.05, 4.69) is 10.6 Å². The summed E-state index contributed by atoms with van der Waals surface area (Å²) in [6.07, 6.45) is 0.105. The lowest BCUT2D eigenvalue weighted by atomic mass is 9.99. The standard InChI is InChI=1S/C13H19N3O2/c1-13(2,8-11(14)17)16-12(18)9-4-6-10(15-3)7-5-9/h4-7,15H,8H2,1-3H3,(H2,14,17)(H,16,18). The summed E-state index contributed by atoms with van der Waals surface area (Å²) in [6, 6.07) is 7.08. The van der Waals surface area contributed by atoms with E-state index in [4.69, 9.17) is 5.73 Å². The fourth-order valence-electron chi connectivity index (χ4n) is 1.65. The van der Waals surface area contributed by atoms with Crippen molar-refractivity contribution in [2.45, 2.75) is 25.8 Å². The highest BCUT2D eigenvalue weighted by atomic mass is 16.2. The van der Waals surface area contributed by atoms with E-state index in [0.29, 0.717) is 5.56 Å². The maximum absolute atomic E-state index is 12.0. The second-order valence-corrected chi connectivity index (χ2v) is 4.81. The molecule has 0 aromatic heterocycles. The van der Waals surface area contributed by atoms with Gasteiger partial charge in [0.2, 0.25) is 5.91 Å². The molecular weight excluding hydrogens is 230 g/mol. The van der Waals surface area contributed by atoms with E-state index in [0.717, 1.165) is 5.69 Å². The van der Waals surface area contributed by atoms with Crippen LogP contribution in [0, 0.1) is 0 Å². The average molecular weight is 249 g/mol. The molecule has 0 fully saturated rings. The largest absolute Gasteiger partial charge is 0.388 e. The Bertz CT molecular complexity index is 438. The van der Waals surface area contributed by atoms with E-state index in [1.807, 2.05) is 19.2 Å². The Morgan fingerprint density at radius 3 is 2.22 bits per heavy atom. The number of carbonyl (C=O) groups is 2. The normalized spacial score (nSPS) is 10.8. The van der Waals surface area contributed by atoms with Crippen LogP contribution in [0.15, 0.2) is 24.3 Å². The smallest absolute Gasteiger partial charge is 0.251 e. The molecule has 0 aliphatic rings. The van der Waals surface area contributed by atoms with Crippen LogP contribution in [0.5, 0.6) is 0 Å². The summed E-state index contributed by atoms with van der Waals surface area (Å²) in [5.74, 6) is -0.658. The molecule has 5 nitrogen and oxygen atoms in total. The lowest BCUT2D eigenvalue weighted by Gasteiger charge is -2.24. The number of anilines is 1. The third kappa shape index (κ3) is 4.08. The van der Waals surface area contributed by atoms with Crippen molar-refractivity contribution < 1.29 is 9.59 Å². The zero-order valence-electron chi connectivity index (χ0n) is 10.9. The molecule has 2 amide bonds. The van der Waals surface area contributed by atoms with Crippen LogP contribution >= 0.6 is 0 Å². The number of nitrogens with two attached hydrogens (primary N) is 1. The number of primary amides is 1. The van der Waals surface area contributed by atoms with Gasteiger partial charge in [0.05, 0.1) is 0 Å². The molecule has 1 aromatic rings. The minimum atomic E-state index is -0.648. The van der Waals surface area contributed by atoms with Crippen LogP contribution in [0.3, 0.4) is 0 Å². The molecular formula is C13H19N3O2. The minimum absolute atomic E-state index is 0.105. The van der Waals surface area contributed by atoms with Gasteiger partial charge < -0.3 is 16.4 Å². The van der Waals surface area contributed by atoms with Crippen LogP contribution in [0.2, 0.25) is 0 Å². The molecule has 5 heteroatoms. The van der Waals surface area contributed by atoms with Crippen molar-refractivity contribution in [3.05, 3.63) is 29.8 Å². The first-order chi connectivity index (χ1) is 8.34. The van der Waals surface area contributed by atoms with Crippen LogP contribution in [0.25, 0.3) is 0 Å². The highest BCUT2D eigenvalue weighted by Gasteiger charge is 2.23. The van der Waals surface area contributed by atoms with Crippen LogP contribution < -0.4 is 16.4 Å². The summed E-state index contributed by atoms with van der Waals surface area (Å²) in [4.78, 5) is 22.8. The second kappa shape index (κ2) is 5.53. The molecule has 0 saturated heterocycles. The molecule has 0 bridgehead atoms. The molecule has 0 saturated carbocycles. The van der Waals surface area contributed by atoms with Crippen LogP contribution in [-0.4, -0.2) is 24.4 Å². The zero-order chi connectivity index (χ0) is 13.8. The van der Waals surface area contributed by atoms with Gasteiger partial charge in [-0.3, -0.25) is 9.59 Å². The minimum Gasteiger partial charge on any atom is -0.388 e. The molecule has 0 unspecified atom stereocenters. The van der Waals surface area contributed by atoms with E-state index >= 15 is 0 Å². The molecule has 0 aliphatic heterocycles. The summed E-state index contributed by atoms with van der Waals surface area (Å²) in [7, 11) is 1.81. The fraction of sp³-hybridized carbons (Fsp3) is 0.385. The number of carbonyl (C=O) groups excluding carboxylic acids is 2. The molecule has 0 spiro atoms. The molecule has 0 atom stereocenters. The Hall–Kier alpha value is -2.04. The third-order valence-electron chi connectivity index (χ3n) is 2.50. The topological polar surface area (TPSA) is 84.2 Å². The van der Waals surface area contributed by atoms with Crippen molar-refractivity contribution in [1.29, 1.82) is 0 Å². The van der Waals surface area contributed by atoms with Gasteiger partial charge in [-0.25, -0.2) is 0 Å². The lowest BCUT2D eigenvalue weighted by Crippen LogP contribution is -2.46. The summed E-state index contributed by atoms with van der Waals surface area (Å²) in [6.45, 7) is 3.52. The Kier molecular flexibility index (Phi) is 4.31. The molecule has 18 heavy (non-hydrogen) atoms. The fourth-order valence-corrected chi connectivity index (χ4v) is 1.65. The first kappa shape index (κ1) is 14.0. The number of hydrogen-bond acceptors (Lipinski definition) is 3. The molecule has 0 radical (unpaired) electrons. The molecule has 4 N–H and O–H groups in total. The van der Waals surface area contributed by atoms with Crippen LogP contribution in [0.1, 0.15) is 30.6 Å². The predicted octanol–water partition coefficient (Wildman–Crippen LogP) is 1.11. The van der Waals surface area contributed by atoms with Gasteiger partial charge in [0, 0.05) is 30.3 Å². The van der Waals surface area contributed by atoms with Gasteiger partial charge in [0.1, 0.15) is 0 Å². The van der Waals surface area contributed by atoms with Gasteiger partial charge in [-0.1, -0.05) is 0 Å². The molecule has 1 aromatic carbocycles. The maximum atomic E-state index is 12.0. The Labute approximate surface area is 107 Å². The molecule has 1 rings (SSSR count). The number of benzene rings is 1. The van der Waals surface area contributed by atoms with Crippen molar-refractivity contribution in [2.24, 2.45) is 5.73 Å². The average Bonchev–Trinajstić information content (AvgIpc) is 2.26. The zero-order valence-corrected chi connectivity index (χ0v) is 10.9. The summed E-state index contributed by atoms with van der Waals surface area (Å²) in [5.41, 5.74) is 5.97. The van der Waals surface area contributed by atoms with E-state index in [1.165, 1.54) is 0 Å². The van der Waals surface area contributed by atoms with Crippen LogP contribution in [0.4, 0.5) is 5.69 Å². The third-order valence-corrected chi connectivity index (χ3v) is 2.50. The van der Waals surface area contributed by atoms with Gasteiger partial charge >= 0.3 is 0 Å². The van der Waals surface area contributed by atoms with Crippen molar-refractivity contribution in [1.82, 2.24) is 5.32 Å². The van der Waals surface area contributed by atoms with E-state index < -0.39 is 11.4 Å².